The highest BCUT2D eigenvalue weighted by Crippen LogP contribution is 2.48. The second-order valence-electron chi connectivity index (χ2n) is 7.84. The monoisotopic (exact) mass is 411 g/mol. The van der Waals surface area contributed by atoms with Gasteiger partial charge in [-0.25, -0.2) is 14.4 Å². The summed E-state index contributed by atoms with van der Waals surface area (Å²) in [4.78, 5) is 21.6. The molecule has 1 aliphatic carbocycles. The third-order valence-corrected chi connectivity index (χ3v) is 6.64. The maximum absolute atomic E-state index is 13.5. The molecule has 29 heavy (non-hydrogen) atoms. The Morgan fingerprint density at radius 3 is 2.79 bits per heavy atom. The topological polar surface area (TPSA) is 73.6 Å². The molecule has 3 heterocycles. The van der Waals surface area contributed by atoms with Crippen molar-refractivity contribution >= 4 is 17.4 Å². The van der Waals surface area contributed by atoms with Crippen molar-refractivity contribution in [2.24, 2.45) is 11.8 Å². The summed E-state index contributed by atoms with van der Waals surface area (Å²) in [5, 5.41) is 9.21. The predicted molar refractivity (Wildman–Crippen MR) is 105 cm³/mol. The predicted octanol–water partition coefficient (Wildman–Crippen LogP) is 4.23. The Labute approximate surface area is 172 Å². The van der Waals surface area contributed by atoms with E-state index in [0.717, 1.165) is 43.0 Å². The molecule has 1 aliphatic heterocycles. The van der Waals surface area contributed by atoms with Gasteiger partial charge in [-0.05, 0) is 37.3 Å². The molecule has 1 unspecified atom stereocenters. The van der Waals surface area contributed by atoms with Crippen LogP contribution in [0.2, 0.25) is 5.02 Å². The molecule has 1 fully saturated rings. The Balaban J connectivity index is 1.55. The first kappa shape index (κ1) is 18.4. The number of carbonyl (C=O) groups is 1. The summed E-state index contributed by atoms with van der Waals surface area (Å²) >= 11 is 6.46. The van der Waals surface area contributed by atoms with Gasteiger partial charge in [0, 0.05) is 23.9 Å². The van der Waals surface area contributed by atoms with Crippen molar-refractivity contribution in [2.45, 2.75) is 38.6 Å². The van der Waals surface area contributed by atoms with E-state index >= 15 is 0 Å². The van der Waals surface area contributed by atoms with E-state index in [1.54, 1.807) is 0 Å². The fourth-order valence-electron chi connectivity index (χ4n) is 4.79. The van der Waals surface area contributed by atoms with Gasteiger partial charge >= 0.3 is 0 Å². The summed E-state index contributed by atoms with van der Waals surface area (Å²) in [5.41, 5.74) is 1.49. The highest BCUT2D eigenvalue weighted by molar-refractivity contribution is 6.34. The van der Waals surface area contributed by atoms with Gasteiger partial charge in [0.2, 0.25) is 5.82 Å². The lowest BCUT2D eigenvalue weighted by Gasteiger charge is -2.41. The number of hydrogen-bond donors (Lipinski definition) is 0. The molecule has 2 aromatic heterocycles. The fourth-order valence-corrected chi connectivity index (χ4v) is 5.01. The first-order valence-electron chi connectivity index (χ1n) is 9.75. The lowest BCUT2D eigenvalue weighted by Crippen LogP contribution is -2.41. The second-order valence-corrected chi connectivity index (χ2v) is 8.22. The molecule has 1 saturated carbocycles. The normalized spacial score (nSPS) is 22.9. The fraction of sp³-hybridized carbons (Fsp3) is 0.381. The second kappa shape index (κ2) is 6.99. The van der Waals surface area contributed by atoms with Gasteiger partial charge in [-0.1, -0.05) is 30.2 Å². The molecule has 0 saturated heterocycles. The Bertz CT molecular complexity index is 1100. The van der Waals surface area contributed by atoms with E-state index in [1.807, 2.05) is 29.7 Å². The lowest BCUT2D eigenvalue weighted by atomic mass is 9.66. The number of hydrogen-bond acceptors (Lipinski definition) is 5. The molecule has 0 amide bonds. The number of Topliss-reactive ketones (excluding diaryl/α,β-unsaturated/α-hetero) is 1. The van der Waals surface area contributed by atoms with Crippen molar-refractivity contribution < 1.29 is 9.18 Å². The SMILES string of the molecule is Cc1cccc(C(=O)C2[C@@H]3CCC[C@H]2c2nnc(-c4ncc(F)cn4)n2C3)c1Cl. The van der Waals surface area contributed by atoms with Crippen LogP contribution in [-0.2, 0) is 6.54 Å². The highest BCUT2D eigenvalue weighted by Gasteiger charge is 2.46. The van der Waals surface area contributed by atoms with Crippen LogP contribution in [0.1, 0.15) is 46.9 Å². The Morgan fingerprint density at radius 2 is 2.00 bits per heavy atom. The maximum atomic E-state index is 13.5. The molecule has 8 heteroatoms. The van der Waals surface area contributed by atoms with Gasteiger partial charge < -0.3 is 4.57 Å². The number of benzene rings is 1. The highest BCUT2D eigenvalue weighted by atomic mass is 35.5. The minimum atomic E-state index is -0.496. The van der Waals surface area contributed by atoms with E-state index in [-0.39, 0.29) is 23.5 Å². The van der Waals surface area contributed by atoms with Crippen molar-refractivity contribution in [2.75, 3.05) is 0 Å². The minimum absolute atomic E-state index is 0.0201. The maximum Gasteiger partial charge on any atom is 0.201 e. The first-order valence-corrected chi connectivity index (χ1v) is 10.1. The number of aryl methyl sites for hydroxylation is 1. The molecule has 0 spiro atoms. The van der Waals surface area contributed by atoms with E-state index in [4.69, 9.17) is 11.6 Å². The molecule has 148 valence electrons. The zero-order chi connectivity index (χ0) is 20.1. The quantitative estimate of drug-likeness (QED) is 0.603. The number of halogens is 2. The van der Waals surface area contributed by atoms with Gasteiger partial charge in [-0.3, -0.25) is 4.79 Å². The van der Waals surface area contributed by atoms with Crippen LogP contribution in [0.3, 0.4) is 0 Å². The lowest BCUT2D eigenvalue weighted by molar-refractivity contribution is 0.0711. The zero-order valence-electron chi connectivity index (χ0n) is 15.8. The van der Waals surface area contributed by atoms with Crippen LogP contribution in [0.4, 0.5) is 4.39 Å². The van der Waals surface area contributed by atoms with E-state index in [0.29, 0.717) is 28.8 Å². The van der Waals surface area contributed by atoms with Crippen molar-refractivity contribution in [3.05, 3.63) is 58.4 Å². The molecule has 1 aromatic carbocycles. The third-order valence-electron chi connectivity index (χ3n) is 6.14. The van der Waals surface area contributed by atoms with Crippen molar-refractivity contribution in [3.8, 4) is 11.6 Å². The number of carbonyl (C=O) groups excluding carboxylic acids is 1. The summed E-state index contributed by atoms with van der Waals surface area (Å²) < 4.78 is 15.2. The molecule has 3 atom stereocenters. The smallest absolute Gasteiger partial charge is 0.201 e. The number of ketones is 1. The van der Waals surface area contributed by atoms with Gasteiger partial charge in [-0.15, -0.1) is 10.2 Å². The molecule has 5 rings (SSSR count). The molecule has 2 aliphatic rings. The van der Waals surface area contributed by atoms with Crippen LogP contribution < -0.4 is 0 Å². The molecule has 0 N–H and O–H groups in total. The number of rotatable bonds is 3. The van der Waals surface area contributed by atoms with Crippen molar-refractivity contribution in [3.63, 3.8) is 0 Å². The molecule has 3 aromatic rings. The van der Waals surface area contributed by atoms with Gasteiger partial charge in [0.25, 0.3) is 0 Å². The van der Waals surface area contributed by atoms with E-state index in [1.165, 1.54) is 0 Å². The summed E-state index contributed by atoms with van der Waals surface area (Å²) in [7, 11) is 0. The number of fused-ring (bicyclic) bond motifs is 4. The first-order chi connectivity index (χ1) is 14.0. The standard InChI is InChI=1S/C21H19ClFN5O/c1-11-4-2-7-15(17(11)22)18(29)16-12-5-3-6-14(16)20-26-27-21(28(20)10-12)19-24-8-13(23)9-25-19/h2,4,7-9,12,14,16H,3,5-6,10H2,1H3/t12-,14-,16?/m1/s1. The number of aromatic nitrogens is 5. The zero-order valence-corrected chi connectivity index (χ0v) is 16.6. The van der Waals surface area contributed by atoms with E-state index < -0.39 is 5.82 Å². The van der Waals surface area contributed by atoms with E-state index in [2.05, 4.69) is 20.2 Å². The Morgan fingerprint density at radius 1 is 1.21 bits per heavy atom. The van der Waals surface area contributed by atoms with Crippen molar-refractivity contribution in [1.29, 1.82) is 0 Å². The third kappa shape index (κ3) is 2.95. The van der Waals surface area contributed by atoms with Crippen molar-refractivity contribution in [1.82, 2.24) is 24.7 Å². The van der Waals surface area contributed by atoms with Gasteiger partial charge in [0.15, 0.2) is 17.4 Å². The van der Waals surface area contributed by atoms with Crippen LogP contribution >= 0.6 is 11.6 Å². The molecule has 0 radical (unpaired) electrons. The molecule has 2 bridgehead atoms. The summed E-state index contributed by atoms with van der Waals surface area (Å²) in [6.45, 7) is 2.53. The van der Waals surface area contributed by atoms with Gasteiger partial charge in [0.05, 0.1) is 17.4 Å². The molecular formula is C21H19ClFN5O. The summed E-state index contributed by atoms with van der Waals surface area (Å²) in [6.07, 6.45) is 5.13. The van der Waals surface area contributed by atoms with E-state index in [9.17, 15) is 9.18 Å². The average Bonchev–Trinajstić information content (AvgIpc) is 3.13. The molecular weight excluding hydrogens is 393 g/mol. The van der Waals surface area contributed by atoms with Crippen LogP contribution in [0.5, 0.6) is 0 Å². The summed E-state index contributed by atoms with van der Waals surface area (Å²) in [5.74, 6) is 1.22. The van der Waals surface area contributed by atoms with Crippen LogP contribution in [0.15, 0.2) is 30.6 Å². The average molecular weight is 412 g/mol. The Hall–Kier alpha value is -2.67. The number of nitrogens with zero attached hydrogens (tertiary/aromatic N) is 5. The minimum Gasteiger partial charge on any atom is -0.308 e. The van der Waals surface area contributed by atoms with Crippen LogP contribution in [-0.4, -0.2) is 30.5 Å². The van der Waals surface area contributed by atoms with Crippen LogP contribution in [0, 0.1) is 24.6 Å². The summed E-state index contributed by atoms with van der Waals surface area (Å²) in [6, 6.07) is 5.59. The largest absolute Gasteiger partial charge is 0.308 e. The van der Waals surface area contributed by atoms with Gasteiger partial charge in [0.1, 0.15) is 5.82 Å². The Kier molecular flexibility index (Phi) is 4.42. The van der Waals surface area contributed by atoms with Crippen LogP contribution in [0.25, 0.3) is 11.6 Å². The molecule has 6 nitrogen and oxygen atoms in total. The van der Waals surface area contributed by atoms with Gasteiger partial charge in [-0.2, -0.15) is 0 Å².